The third-order valence-electron chi connectivity index (χ3n) is 4.12. The number of likely N-dealkylation sites (tertiary alicyclic amines) is 1. The second kappa shape index (κ2) is 7.84. The molecule has 0 bridgehead atoms. The lowest BCUT2D eigenvalue weighted by Crippen LogP contribution is -2.40. The topological polar surface area (TPSA) is 71.5 Å². The van der Waals surface area contributed by atoms with Crippen molar-refractivity contribution < 1.29 is 14.3 Å². The normalized spacial score (nSPS) is 15.0. The van der Waals surface area contributed by atoms with Crippen LogP contribution in [0.4, 0.5) is 10.8 Å². The van der Waals surface area contributed by atoms with Gasteiger partial charge in [0.2, 0.25) is 0 Å². The van der Waals surface area contributed by atoms with Gasteiger partial charge in [0.05, 0.1) is 13.0 Å². The highest BCUT2D eigenvalue weighted by Gasteiger charge is 2.29. The summed E-state index contributed by atoms with van der Waals surface area (Å²) in [4.78, 5) is 30.2. The fourth-order valence-electron chi connectivity index (χ4n) is 2.77. The standard InChI is InChI=1S/C17H18ClN3O3S/c1-24-16(23)11-5-7-21(8-6-11)15(22)14-10-25-17(20-14)19-13-4-2-3-12(18)9-13/h2-4,9-11H,5-8H2,1H3,(H,19,20). The van der Waals surface area contributed by atoms with Crippen LogP contribution in [0.25, 0.3) is 0 Å². The van der Waals surface area contributed by atoms with Gasteiger partial charge in [-0.1, -0.05) is 17.7 Å². The average Bonchev–Trinajstić information content (AvgIpc) is 3.09. The van der Waals surface area contributed by atoms with E-state index in [1.54, 1.807) is 22.4 Å². The van der Waals surface area contributed by atoms with Crippen molar-refractivity contribution in [3.8, 4) is 0 Å². The van der Waals surface area contributed by atoms with Crippen molar-refractivity contribution in [2.75, 3.05) is 25.5 Å². The molecule has 8 heteroatoms. The molecule has 0 atom stereocenters. The molecule has 0 aliphatic carbocycles. The maximum atomic E-state index is 12.6. The van der Waals surface area contributed by atoms with E-state index in [9.17, 15) is 9.59 Å². The zero-order valence-electron chi connectivity index (χ0n) is 13.7. The number of carbonyl (C=O) groups excluding carboxylic acids is 2. The lowest BCUT2D eigenvalue weighted by molar-refractivity contribution is -0.146. The Balaban J connectivity index is 1.60. The Labute approximate surface area is 154 Å². The van der Waals surface area contributed by atoms with Crippen molar-refractivity contribution in [3.05, 3.63) is 40.4 Å². The van der Waals surface area contributed by atoms with Crippen molar-refractivity contribution in [1.82, 2.24) is 9.88 Å². The molecule has 0 unspecified atom stereocenters. The molecule has 0 saturated carbocycles. The predicted molar refractivity (Wildman–Crippen MR) is 97.5 cm³/mol. The van der Waals surface area contributed by atoms with E-state index in [-0.39, 0.29) is 17.8 Å². The lowest BCUT2D eigenvalue weighted by atomic mass is 9.97. The second-order valence-electron chi connectivity index (χ2n) is 5.76. The van der Waals surface area contributed by atoms with Gasteiger partial charge in [0.15, 0.2) is 5.13 Å². The third kappa shape index (κ3) is 4.29. The van der Waals surface area contributed by atoms with Crippen LogP contribution in [0.3, 0.4) is 0 Å². The number of ether oxygens (including phenoxy) is 1. The number of nitrogens with zero attached hydrogens (tertiary/aromatic N) is 2. The SMILES string of the molecule is COC(=O)C1CCN(C(=O)c2csc(Nc3cccc(Cl)c3)n2)CC1. The van der Waals surface area contributed by atoms with Gasteiger partial charge in [-0.05, 0) is 31.0 Å². The summed E-state index contributed by atoms with van der Waals surface area (Å²) in [7, 11) is 1.39. The van der Waals surface area contributed by atoms with Crippen LogP contribution in [-0.2, 0) is 9.53 Å². The van der Waals surface area contributed by atoms with Gasteiger partial charge in [-0.25, -0.2) is 4.98 Å². The Hall–Kier alpha value is -2.12. The third-order valence-corrected chi connectivity index (χ3v) is 5.11. The number of carbonyl (C=O) groups is 2. The highest BCUT2D eigenvalue weighted by Crippen LogP contribution is 2.25. The molecule has 1 aliphatic heterocycles. The van der Waals surface area contributed by atoms with Gasteiger partial charge in [-0.3, -0.25) is 9.59 Å². The molecule has 6 nitrogen and oxygen atoms in total. The Morgan fingerprint density at radius 3 is 2.80 bits per heavy atom. The highest BCUT2D eigenvalue weighted by molar-refractivity contribution is 7.14. The average molecular weight is 380 g/mol. The van der Waals surface area contributed by atoms with E-state index in [1.165, 1.54) is 18.4 Å². The van der Waals surface area contributed by atoms with Gasteiger partial charge in [0.1, 0.15) is 5.69 Å². The number of amides is 1. The number of thiazole rings is 1. The molecule has 1 aromatic heterocycles. The quantitative estimate of drug-likeness (QED) is 0.822. The molecule has 2 aromatic rings. The monoisotopic (exact) mass is 379 g/mol. The molecule has 132 valence electrons. The summed E-state index contributed by atoms with van der Waals surface area (Å²) in [6.45, 7) is 1.07. The Morgan fingerprint density at radius 1 is 1.36 bits per heavy atom. The Morgan fingerprint density at radius 2 is 2.12 bits per heavy atom. The van der Waals surface area contributed by atoms with E-state index >= 15 is 0 Å². The minimum absolute atomic E-state index is 0.112. The largest absolute Gasteiger partial charge is 0.469 e. The minimum Gasteiger partial charge on any atom is -0.469 e. The first-order valence-corrected chi connectivity index (χ1v) is 9.18. The molecule has 0 spiro atoms. The van der Waals surface area contributed by atoms with E-state index in [2.05, 4.69) is 10.3 Å². The van der Waals surface area contributed by atoms with Crippen LogP contribution < -0.4 is 5.32 Å². The van der Waals surface area contributed by atoms with E-state index in [0.29, 0.717) is 41.8 Å². The van der Waals surface area contributed by atoms with Crippen LogP contribution in [0.1, 0.15) is 23.3 Å². The molecular weight excluding hydrogens is 362 g/mol. The van der Waals surface area contributed by atoms with Crippen molar-refractivity contribution >= 4 is 45.6 Å². The highest BCUT2D eigenvalue weighted by atomic mass is 35.5. The van der Waals surface area contributed by atoms with Gasteiger partial charge < -0.3 is 15.0 Å². The molecule has 0 radical (unpaired) electrons. The van der Waals surface area contributed by atoms with Crippen molar-refractivity contribution in [2.24, 2.45) is 5.92 Å². The van der Waals surface area contributed by atoms with Gasteiger partial charge in [-0.15, -0.1) is 11.3 Å². The van der Waals surface area contributed by atoms with Crippen LogP contribution in [-0.4, -0.2) is 42.0 Å². The smallest absolute Gasteiger partial charge is 0.308 e. The predicted octanol–water partition coefficient (Wildman–Crippen LogP) is 3.57. The summed E-state index contributed by atoms with van der Waals surface area (Å²) in [5, 5.41) is 6.15. The van der Waals surface area contributed by atoms with Gasteiger partial charge >= 0.3 is 5.97 Å². The number of halogens is 1. The van der Waals surface area contributed by atoms with Crippen molar-refractivity contribution in [2.45, 2.75) is 12.8 Å². The number of rotatable bonds is 4. The number of anilines is 2. The first-order valence-electron chi connectivity index (χ1n) is 7.92. The number of nitrogens with one attached hydrogen (secondary N) is 1. The summed E-state index contributed by atoms with van der Waals surface area (Å²) >= 11 is 7.33. The fraction of sp³-hybridized carbons (Fsp3) is 0.353. The molecule has 1 amide bonds. The number of piperidine rings is 1. The van der Waals surface area contributed by atoms with E-state index in [1.807, 2.05) is 12.1 Å². The maximum absolute atomic E-state index is 12.6. The zero-order valence-corrected chi connectivity index (χ0v) is 15.3. The van der Waals surface area contributed by atoms with E-state index in [0.717, 1.165) is 5.69 Å². The summed E-state index contributed by atoms with van der Waals surface area (Å²) in [5.41, 5.74) is 1.23. The summed E-state index contributed by atoms with van der Waals surface area (Å²) < 4.78 is 4.77. The summed E-state index contributed by atoms with van der Waals surface area (Å²) in [6, 6.07) is 7.31. The number of hydrogen-bond acceptors (Lipinski definition) is 6. The first-order chi connectivity index (χ1) is 12.1. The zero-order chi connectivity index (χ0) is 17.8. The first kappa shape index (κ1) is 17.7. The molecule has 2 heterocycles. The molecule has 1 N–H and O–H groups in total. The second-order valence-corrected chi connectivity index (χ2v) is 7.06. The van der Waals surface area contributed by atoms with Crippen LogP contribution in [0.5, 0.6) is 0 Å². The minimum atomic E-state index is -0.200. The molecule has 1 aromatic carbocycles. The fourth-order valence-corrected chi connectivity index (χ4v) is 3.66. The van der Waals surface area contributed by atoms with Crippen LogP contribution in [0.2, 0.25) is 5.02 Å². The number of aromatic nitrogens is 1. The Kier molecular flexibility index (Phi) is 5.55. The maximum Gasteiger partial charge on any atom is 0.308 e. The van der Waals surface area contributed by atoms with Crippen LogP contribution in [0.15, 0.2) is 29.6 Å². The van der Waals surface area contributed by atoms with Crippen LogP contribution in [0, 0.1) is 5.92 Å². The molecule has 1 aliphatic rings. The molecule has 3 rings (SSSR count). The van der Waals surface area contributed by atoms with Crippen LogP contribution >= 0.6 is 22.9 Å². The molecule has 25 heavy (non-hydrogen) atoms. The van der Waals surface area contributed by atoms with E-state index in [4.69, 9.17) is 16.3 Å². The van der Waals surface area contributed by atoms with Gasteiger partial charge in [0.25, 0.3) is 5.91 Å². The Bertz CT molecular complexity index is 772. The summed E-state index contributed by atoms with van der Waals surface area (Å²) in [6.07, 6.45) is 1.24. The molecule has 1 saturated heterocycles. The lowest BCUT2D eigenvalue weighted by Gasteiger charge is -2.30. The number of esters is 1. The van der Waals surface area contributed by atoms with Gasteiger partial charge in [0, 0.05) is 29.2 Å². The number of benzene rings is 1. The molecular formula is C17H18ClN3O3S. The van der Waals surface area contributed by atoms with Crippen molar-refractivity contribution in [3.63, 3.8) is 0 Å². The molecule has 1 fully saturated rings. The van der Waals surface area contributed by atoms with Crippen molar-refractivity contribution in [1.29, 1.82) is 0 Å². The summed E-state index contributed by atoms with van der Waals surface area (Å²) in [5.74, 6) is -0.433. The number of methoxy groups -OCH3 is 1. The van der Waals surface area contributed by atoms with E-state index < -0.39 is 0 Å². The number of hydrogen-bond donors (Lipinski definition) is 1. The van der Waals surface area contributed by atoms with Gasteiger partial charge in [-0.2, -0.15) is 0 Å².